The molecule has 1 unspecified atom stereocenters. The third-order valence-electron chi connectivity index (χ3n) is 3.21. The van der Waals surface area contributed by atoms with E-state index in [-0.39, 0.29) is 0 Å². The zero-order valence-electron chi connectivity index (χ0n) is 8.57. The second-order valence-corrected chi connectivity index (χ2v) is 5.32. The summed E-state index contributed by atoms with van der Waals surface area (Å²) in [6.07, 6.45) is 5.15. The minimum atomic E-state index is 0.548. The van der Waals surface area contributed by atoms with Crippen molar-refractivity contribution in [1.29, 1.82) is 0 Å². The van der Waals surface area contributed by atoms with E-state index in [2.05, 4.69) is 41.0 Å². The smallest absolute Gasteiger partial charge is 0.0289 e. The molecule has 1 atom stereocenters. The number of hydrogen-bond acceptors (Lipinski definition) is 0. The van der Waals surface area contributed by atoms with Gasteiger partial charge in [-0.1, -0.05) is 41.0 Å². The topological polar surface area (TPSA) is 0 Å². The van der Waals surface area contributed by atoms with Crippen molar-refractivity contribution >= 4 is 0 Å². The lowest BCUT2D eigenvalue weighted by atomic mass is 9.83. The summed E-state index contributed by atoms with van der Waals surface area (Å²) in [4.78, 5) is 0. The first-order chi connectivity index (χ1) is 4.87. The Hall–Kier alpha value is 0. The lowest BCUT2D eigenvalue weighted by molar-refractivity contribution is 0.285. The molecule has 0 aromatic carbocycles. The van der Waals surface area contributed by atoms with Crippen LogP contribution < -0.4 is 0 Å². The molecule has 0 heteroatoms. The van der Waals surface area contributed by atoms with Crippen LogP contribution in [0, 0.1) is 23.2 Å². The monoisotopic (exact) mass is 153 g/mol. The van der Waals surface area contributed by atoms with Crippen LogP contribution in [0.3, 0.4) is 0 Å². The summed E-state index contributed by atoms with van der Waals surface area (Å²) < 4.78 is 0. The third-order valence-corrected chi connectivity index (χ3v) is 3.21. The van der Waals surface area contributed by atoms with Gasteiger partial charge in [0.05, 0.1) is 0 Å². The summed E-state index contributed by atoms with van der Waals surface area (Å²) in [7, 11) is 0. The van der Waals surface area contributed by atoms with E-state index in [0.29, 0.717) is 10.8 Å². The fourth-order valence-electron chi connectivity index (χ4n) is 1.53. The Balaban J connectivity index is 2.34. The van der Waals surface area contributed by atoms with Crippen molar-refractivity contribution in [3.05, 3.63) is 6.42 Å². The van der Waals surface area contributed by atoms with Crippen molar-refractivity contribution in [2.45, 2.75) is 47.5 Å². The van der Waals surface area contributed by atoms with Gasteiger partial charge in [0.25, 0.3) is 0 Å². The van der Waals surface area contributed by atoms with Crippen LogP contribution in [0.4, 0.5) is 0 Å². The molecule has 0 bridgehead atoms. The molecular formula is C11H21. The van der Waals surface area contributed by atoms with Gasteiger partial charge in [-0.25, -0.2) is 0 Å². The minimum absolute atomic E-state index is 0.548. The predicted octanol–water partition coefficient (Wildman–Crippen LogP) is 3.67. The Bertz CT molecular complexity index is 142. The van der Waals surface area contributed by atoms with Gasteiger partial charge in [0, 0.05) is 0 Å². The average molecular weight is 153 g/mol. The normalized spacial score (nSPS) is 28.6. The molecule has 1 fully saturated rings. The maximum atomic E-state index is 2.48. The van der Waals surface area contributed by atoms with Gasteiger partial charge in [-0.05, 0) is 29.6 Å². The van der Waals surface area contributed by atoms with Crippen LogP contribution in [0.2, 0.25) is 0 Å². The Kier molecular flexibility index (Phi) is 2.07. The molecule has 0 spiro atoms. The molecule has 65 valence electrons. The molecule has 1 radical (unpaired) electrons. The van der Waals surface area contributed by atoms with Crippen LogP contribution in [-0.4, -0.2) is 0 Å². The van der Waals surface area contributed by atoms with E-state index in [0.717, 1.165) is 5.92 Å². The zero-order chi connectivity index (χ0) is 8.70. The van der Waals surface area contributed by atoms with Crippen LogP contribution in [0.15, 0.2) is 0 Å². The predicted molar refractivity (Wildman–Crippen MR) is 50.3 cm³/mol. The van der Waals surface area contributed by atoms with E-state index < -0.39 is 0 Å². The van der Waals surface area contributed by atoms with Crippen LogP contribution in [0.25, 0.3) is 0 Å². The summed E-state index contributed by atoms with van der Waals surface area (Å²) in [5, 5.41) is 0. The summed E-state index contributed by atoms with van der Waals surface area (Å²) in [5.41, 5.74) is 1.10. The quantitative estimate of drug-likeness (QED) is 0.580. The van der Waals surface area contributed by atoms with Crippen molar-refractivity contribution in [2.24, 2.45) is 16.7 Å². The van der Waals surface area contributed by atoms with Crippen molar-refractivity contribution in [2.75, 3.05) is 0 Å². The molecule has 0 N–H and O–H groups in total. The fraction of sp³-hybridized carbons (Fsp3) is 0.909. The summed E-state index contributed by atoms with van der Waals surface area (Å²) >= 11 is 0. The molecule has 0 amide bonds. The van der Waals surface area contributed by atoms with E-state index >= 15 is 0 Å². The third kappa shape index (κ3) is 2.21. The van der Waals surface area contributed by atoms with Crippen molar-refractivity contribution < 1.29 is 0 Å². The van der Waals surface area contributed by atoms with Gasteiger partial charge >= 0.3 is 0 Å². The molecule has 0 aromatic rings. The minimum Gasteiger partial charge on any atom is -0.0649 e. The Morgan fingerprint density at radius 3 is 2.09 bits per heavy atom. The van der Waals surface area contributed by atoms with Crippen molar-refractivity contribution in [3.63, 3.8) is 0 Å². The fourth-order valence-corrected chi connectivity index (χ4v) is 1.53. The largest absolute Gasteiger partial charge is 0.0649 e. The maximum Gasteiger partial charge on any atom is -0.0289 e. The first kappa shape index (κ1) is 9.09. The SMILES string of the molecule is CCC(C)(C)CC1[CH]C1(C)C. The number of rotatable bonds is 3. The van der Waals surface area contributed by atoms with Crippen molar-refractivity contribution in [1.82, 2.24) is 0 Å². The zero-order valence-corrected chi connectivity index (χ0v) is 8.57. The molecular weight excluding hydrogens is 132 g/mol. The van der Waals surface area contributed by atoms with Gasteiger partial charge in [0.1, 0.15) is 0 Å². The van der Waals surface area contributed by atoms with Crippen LogP contribution in [0.1, 0.15) is 47.5 Å². The van der Waals surface area contributed by atoms with Gasteiger partial charge in [0.2, 0.25) is 0 Å². The summed E-state index contributed by atoms with van der Waals surface area (Å²) in [6.45, 7) is 11.7. The van der Waals surface area contributed by atoms with E-state index in [1.54, 1.807) is 0 Å². The second-order valence-electron chi connectivity index (χ2n) is 5.32. The molecule has 1 rings (SSSR count). The maximum absolute atomic E-state index is 2.48. The van der Waals surface area contributed by atoms with E-state index in [1.165, 1.54) is 12.8 Å². The Morgan fingerprint density at radius 1 is 1.36 bits per heavy atom. The second kappa shape index (κ2) is 2.50. The van der Waals surface area contributed by atoms with Crippen molar-refractivity contribution in [3.8, 4) is 0 Å². The molecule has 0 aliphatic heterocycles. The molecule has 0 aromatic heterocycles. The Morgan fingerprint density at radius 2 is 1.82 bits per heavy atom. The molecule has 1 aliphatic rings. The lowest BCUT2D eigenvalue weighted by Gasteiger charge is -2.23. The van der Waals surface area contributed by atoms with Crippen LogP contribution in [-0.2, 0) is 0 Å². The van der Waals surface area contributed by atoms with E-state index in [9.17, 15) is 0 Å². The summed E-state index contributed by atoms with van der Waals surface area (Å²) in [6, 6.07) is 0. The van der Waals surface area contributed by atoms with Crippen LogP contribution in [0.5, 0.6) is 0 Å². The molecule has 0 heterocycles. The molecule has 1 saturated carbocycles. The highest BCUT2D eigenvalue weighted by Crippen LogP contribution is 2.55. The molecule has 1 aliphatic carbocycles. The first-order valence-corrected chi connectivity index (χ1v) is 4.73. The number of hydrogen-bond donors (Lipinski definition) is 0. The molecule has 0 saturated heterocycles. The molecule has 0 nitrogen and oxygen atoms in total. The Labute approximate surface area is 71.4 Å². The van der Waals surface area contributed by atoms with E-state index in [1.807, 2.05) is 0 Å². The van der Waals surface area contributed by atoms with Crippen LogP contribution >= 0.6 is 0 Å². The highest BCUT2D eigenvalue weighted by molar-refractivity contribution is 5.14. The average Bonchev–Trinajstić information content (AvgIpc) is 2.39. The van der Waals surface area contributed by atoms with Gasteiger partial charge in [-0.2, -0.15) is 0 Å². The first-order valence-electron chi connectivity index (χ1n) is 4.73. The van der Waals surface area contributed by atoms with Gasteiger partial charge in [-0.3, -0.25) is 0 Å². The highest BCUT2D eigenvalue weighted by atomic mass is 14.5. The van der Waals surface area contributed by atoms with Gasteiger partial charge < -0.3 is 0 Å². The highest BCUT2D eigenvalue weighted by Gasteiger charge is 2.47. The van der Waals surface area contributed by atoms with Gasteiger partial charge in [-0.15, -0.1) is 0 Å². The lowest BCUT2D eigenvalue weighted by Crippen LogP contribution is -2.11. The summed E-state index contributed by atoms with van der Waals surface area (Å²) in [5.74, 6) is 0.887. The van der Waals surface area contributed by atoms with E-state index in [4.69, 9.17) is 0 Å². The standard InChI is InChI=1S/C11H21/c1-6-10(2,3)7-9-8-11(9,4)5/h8-9H,6-7H2,1-5H3. The van der Waals surface area contributed by atoms with Gasteiger partial charge in [0.15, 0.2) is 0 Å². The molecule has 11 heavy (non-hydrogen) atoms.